The highest BCUT2D eigenvalue weighted by atomic mass is 19.4. The fourth-order valence-corrected chi connectivity index (χ4v) is 2.96. The first-order chi connectivity index (χ1) is 14.8. The molecule has 32 heavy (non-hydrogen) atoms. The smallest absolute Gasteiger partial charge is 0.368 e. The Kier molecular flexibility index (Phi) is 9.30. The number of ether oxygens (including phenoxy) is 4. The first kappa shape index (κ1) is 26.4. The lowest BCUT2D eigenvalue weighted by Gasteiger charge is -2.34. The molecule has 0 heterocycles. The maximum atomic E-state index is 12.0. The Hall–Kier alpha value is -1.90. The van der Waals surface area contributed by atoms with Gasteiger partial charge in [0.15, 0.2) is 0 Å². The molecule has 0 atom stereocenters. The molecule has 0 spiro atoms. The van der Waals surface area contributed by atoms with Crippen LogP contribution in [0.1, 0.15) is 32.1 Å². The van der Waals surface area contributed by atoms with Crippen molar-refractivity contribution in [3.05, 3.63) is 12.3 Å². The third kappa shape index (κ3) is 10.6. The topological polar surface area (TPSA) is 95.1 Å². The Morgan fingerprint density at radius 3 is 1.66 bits per heavy atom. The van der Waals surface area contributed by atoms with E-state index in [4.69, 9.17) is 9.47 Å². The molecule has 2 aliphatic carbocycles. The van der Waals surface area contributed by atoms with Gasteiger partial charge in [-0.3, -0.25) is 19.1 Å². The quantitative estimate of drug-likeness (QED) is 0.418. The summed E-state index contributed by atoms with van der Waals surface area (Å²) in [7, 11) is 0. The number of halogens is 6. The van der Waals surface area contributed by atoms with Crippen LogP contribution in [0.15, 0.2) is 12.3 Å². The molecular weight excluding hydrogens is 454 g/mol. The van der Waals surface area contributed by atoms with Gasteiger partial charge in [0, 0.05) is 44.3 Å². The van der Waals surface area contributed by atoms with E-state index in [9.17, 15) is 35.9 Å². The molecule has 8 nitrogen and oxygen atoms in total. The van der Waals surface area contributed by atoms with Gasteiger partial charge in [-0.2, -0.15) is 0 Å². The van der Waals surface area contributed by atoms with Crippen molar-refractivity contribution >= 4 is 11.8 Å². The summed E-state index contributed by atoms with van der Waals surface area (Å²) in [6, 6.07) is 0. The second kappa shape index (κ2) is 11.3. The third-order valence-electron chi connectivity index (χ3n) is 4.67. The molecule has 0 aliphatic heterocycles. The average Bonchev–Trinajstić information content (AvgIpc) is 2.56. The van der Waals surface area contributed by atoms with Crippen LogP contribution in [-0.4, -0.2) is 68.7 Å². The molecule has 0 saturated heterocycles. The number of alkyl halides is 6. The first-order valence-corrected chi connectivity index (χ1v) is 9.75. The van der Waals surface area contributed by atoms with Gasteiger partial charge in [-0.25, -0.2) is 0 Å². The Bertz CT molecular complexity index is 659. The maximum Gasteiger partial charge on any atom is 0.522 e. The Labute approximate surface area is 179 Å². The van der Waals surface area contributed by atoms with Crippen molar-refractivity contribution in [3.63, 3.8) is 0 Å². The van der Waals surface area contributed by atoms with Crippen LogP contribution in [0, 0.1) is 0 Å². The normalized spacial score (nSPS) is 25.4. The molecule has 2 amide bonds. The summed E-state index contributed by atoms with van der Waals surface area (Å²) in [6.07, 6.45) is -11.9. The number of amides is 2. The minimum Gasteiger partial charge on any atom is -0.368 e. The van der Waals surface area contributed by atoms with E-state index < -0.39 is 49.0 Å². The van der Waals surface area contributed by atoms with E-state index in [-0.39, 0.29) is 57.6 Å². The monoisotopic (exact) mass is 478 g/mol. The zero-order valence-corrected chi connectivity index (χ0v) is 16.9. The molecule has 2 rings (SSSR count). The zero-order valence-electron chi connectivity index (χ0n) is 16.9. The van der Waals surface area contributed by atoms with Crippen LogP contribution >= 0.6 is 0 Å². The summed E-state index contributed by atoms with van der Waals surface area (Å²) < 4.78 is 90.0. The molecule has 0 aromatic heterocycles. The van der Waals surface area contributed by atoms with Crippen LogP contribution in [0.3, 0.4) is 0 Å². The highest BCUT2D eigenvalue weighted by Gasteiger charge is 2.41. The van der Waals surface area contributed by atoms with Gasteiger partial charge in [-0.1, -0.05) is 6.58 Å². The lowest BCUT2D eigenvalue weighted by Crippen LogP contribution is -2.42. The van der Waals surface area contributed by atoms with Crippen molar-refractivity contribution in [3.8, 4) is 0 Å². The summed E-state index contributed by atoms with van der Waals surface area (Å²) in [6.45, 7) is 3.07. The molecule has 0 unspecified atom stereocenters. The van der Waals surface area contributed by atoms with Crippen molar-refractivity contribution in [1.82, 2.24) is 10.6 Å². The predicted molar refractivity (Wildman–Crippen MR) is 94.7 cm³/mol. The summed E-state index contributed by atoms with van der Waals surface area (Å²) in [5.74, 6) is -1.02. The lowest BCUT2D eigenvalue weighted by atomic mass is 9.92. The van der Waals surface area contributed by atoms with Crippen LogP contribution in [0.25, 0.3) is 0 Å². The molecule has 0 aromatic carbocycles. The van der Waals surface area contributed by atoms with Crippen LogP contribution in [-0.2, 0) is 28.5 Å². The molecule has 2 N–H and O–H groups in total. The second-order valence-corrected chi connectivity index (χ2v) is 7.43. The lowest BCUT2D eigenvalue weighted by molar-refractivity contribution is -0.358. The van der Waals surface area contributed by atoms with E-state index in [1.54, 1.807) is 0 Å². The SMILES string of the molecule is C=C(CCNC(=O)CO[C@H]1C[C@H](OC(F)(F)F)C1)NC(=O)CO[C@H]1C[C@H](OC(F)(F)F)C1. The zero-order chi connectivity index (χ0) is 23.9. The maximum absolute atomic E-state index is 12.0. The van der Waals surface area contributed by atoms with Crippen LogP contribution in [0.5, 0.6) is 0 Å². The predicted octanol–water partition coefficient (Wildman–Crippen LogP) is 2.29. The summed E-state index contributed by atoms with van der Waals surface area (Å²) in [5, 5.41) is 4.95. The van der Waals surface area contributed by atoms with Gasteiger partial charge in [-0.15, -0.1) is 26.3 Å². The van der Waals surface area contributed by atoms with E-state index in [0.29, 0.717) is 0 Å². The largest absolute Gasteiger partial charge is 0.522 e. The number of hydrogen-bond donors (Lipinski definition) is 2. The Morgan fingerprint density at radius 1 is 0.781 bits per heavy atom. The van der Waals surface area contributed by atoms with Crippen molar-refractivity contribution in [2.45, 2.75) is 69.2 Å². The van der Waals surface area contributed by atoms with E-state index in [2.05, 4.69) is 26.7 Å². The third-order valence-corrected chi connectivity index (χ3v) is 4.67. The molecule has 0 aromatic rings. The number of hydrogen-bond acceptors (Lipinski definition) is 6. The summed E-state index contributed by atoms with van der Waals surface area (Å²) >= 11 is 0. The number of rotatable bonds is 12. The Balaban J connectivity index is 1.45. The number of nitrogens with one attached hydrogen (secondary N) is 2. The van der Waals surface area contributed by atoms with Gasteiger partial charge in [0.1, 0.15) is 13.2 Å². The van der Waals surface area contributed by atoms with Gasteiger partial charge in [0.25, 0.3) is 0 Å². The van der Waals surface area contributed by atoms with Gasteiger partial charge < -0.3 is 20.1 Å². The standard InChI is InChI=1S/C18H24F6N2O6/c1-10(26-16(28)9-30-12-6-14(7-12)32-18(22,23)24)2-3-25-15(27)8-29-11-4-13(5-11)31-17(19,20)21/h11-14H,1-9H2,(H,25,27)(H,26,28)/t11-,12-,13-,14-. The molecule has 2 saturated carbocycles. The van der Waals surface area contributed by atoms with Crippen molar-refractivity contribution < 1.29 is 54.9 Å². The molecule has 2 fully saturated rings. The summed E-state index contributed by atoms with van der Waals surface area (Å²) in [4.78, 5) is 23.4. The summed E-state index contributed by atoms with van der Waals surface area (Å²) in [5.41, 5.74) is 0.290. The molecule has 2 aliphatic rings. The Morgan fingerprint density at radius 2 is 1.22 bits per heavy atom. The highest BCUT2D eigenvalue weighted by molar-refractivity contribution is 5.79. The molecule has 0 bridgehead atoms. The van der Waals surface area contributed by atoms with E-state index in [1.807, 2.05) is 0 Å². The second-order valence-electron chi connectivity index (χ2n) is 7.43. The minimum atomic E-state index is -4.70. The van der Waals surface area contributed by atoms with Crippen LogP contribution in [0.4, 0.5) is 26.3 Å². The fraction of sp³-hybridized carbons (Fsp3) is 0.778. The number of carbonyl (C=O) groups excluding carboxylic acids is 2. The van der Waals surface area contributed by atoms with Crippen LogP contribution in [0.2, 0.25) is 0 Å². The highest BCUT2D eigenvalue weighted by Crippen LogP contribution is 2.32. The van der Waals surface area contributed by atoms with Gasteiger partial charge >= 0.3 is 12.7 Å². The molecular formula is C18H24F6N2O6. The van der Waals surface area contributed by atoms with Crippen LogP contribution < -0.4 is 10.6 Å². The molecule has 14 heteroatoms. The number of carbonyl (C=O) groups is 2. The van der Waals surface area contributed by atoms with E-state index in [0.717, 1.165) is 0 Å². The molecule has 0 radical (unpaired) electrons. The van der Waals surface area contributed by atoms with E-state index in [1.165, 1.54) is 0 Å². The molecule has 184 valence electrons. The fourth-order valence-electron chi connectivity index (χ4n) is 2.96. The van der Waals surface area contributed by atoms with Gasteiger partial charge in [0.05, 0.1) is 24.4 Å². The average molecular weight is 478 g/mol. The first-order valence-electron chi connectivity index (χ1n) is 9.75. The van der Waals surface area contributed by atoms with Crippen molar-refractivity contribution in [1.29, 1.82) is 0 Å². The van der Waals surface area contributed by atoms with Crippen molar-refractivity contribution in [2.24, 2.45) is 0 Å². The minimum absolute atomic E-state index is 0.0404. The van der Waals surface area contributed by atoms with Gasteiger partial charge in [0.2, 0.25) is 11.8 Å². The van der Waals surface area contributed by atoms with E-state index >= 15 is 0 Å². The van der Waals surface area contributed by atoms with Gasteiger partial charge in [-0.05, 0) is 0 Å². The van der Waals surface area contributed by atoms with Crippen molar-refractivity contribution in [2.75, 3.05) is 19.8 Å².